The summed E-state index contributed by atoms with van der Waals surface area (Å²) in [4.78, 5) is 25.0. The predicted molar refractivity (Wildman–Crippen MR) is 109 cm³/mol. The molecule has 1 fully saturated rings. The fourth-order valence-corrected chi connectivity index (χ4v) is 4.48. The van der Waals surface area contributed by atoms with Crippen molar-refractivity contribution in [3.05, 3.63) is 65.1 Å². The van der Waals surface area contributed by atoms with Crippen molar-refractivity contribution >= 4 is 5.91 Å². The maximum Gasteiger partial charge on any atom is 0.284 e. The van der Waals surface area contributed by atoms with Gasteiger partial charge in [-0.15, -0.1) is 0 Å². The maximum atomic E-state index is 11.8. The highest BCUT2D eigenvalue weighted by molar-refractivity contribution is 5.91. The Bertz CT molecular complexity index is 1180. The fraction of sp³-hybridized carbons (Fsp3) is 0.304. The summed E-state index contributed by atoms with van der Waals surface area (Å²) in [6, 6.07) is 8.13. The van der Waals surface area contributed by atoms with Gasteiger partial charge in [0.2, 0.25) is 0 Å². The average molecular weight is 383 g/mol. The molecule has 0 aliphatic heterocycles. The fourth-order valence-electron chi connectivity index (χ4n) is 4.48. The maximum absolute atomic E-state index is 11.8. The lowest BCUT2D eigenvalue weighted by Gasteiger charge is -2.34. The summed E-state index contributed by atoms with van der Waals surface area (Å²) in [5.74, 6) is 7.95. The molecule has 6 nitrogen and oxygen atoms in total. The Morgan fingerprint density at radius 1 is 1.24 bits per heavy atom. The van der Waals surface area contributed by atoms with Gasteiger partial charge in [0.05, 0.1) is 11.6 Å². The molecule has 3 aromatic rings. The second-order valence-corrected chi connectivity index (χ2v) is 7.86. The van der Waals surface area contributed by atoms with Crippen molar-refractivity contribution in [1.82, 2.24) is 19.5 Å². The molecule has 1 unspecified atom stereocenters. The molecule has 0 saturated heterocycles. The molecular formula is C23H21N5O. The van der Waals surface area contributed by atoms with Gasteiger partial charge in [-0.05, 0) is 49.4 Å². The van der Waals surface area contributed by atoms with Crippen LogP contribution < -0.4 is 5.73 Å². The number of aromatic nitrogens is 4. The van der Waals surface area contributed by atoms with E-state index in [9.17, 15) is 4.79 Å². The Labute approximate surface area is 169 Å². The molecule has 29 heavy (non-hydrogen) atoms. The van der Waals surface area contributed by atoms with Gasteiger partial charge in [0.1, 0.15) is 5.82 Å². The summed E-state index contributed by atoms with van der Waals surface area (Å²) in [5.41, 5.74) is 10.8. The molecule has 0 radical (unpaired) electrons. The highest BCUT2D eigenvalue weighted by atomic mass is 16.1. The number of carbonyl (C=O) groups is 1. The molecular weight excluding hydrogens is 362 g/mol. The molecule has 1 saturated carbocycles. The smallest absolute Gasteiger partial charge is 0.284 e. The van der Waals surface area contributed by atoms with Crippen LogP contribution in [-0.4, -0.2) is 25.4 Å². The molecule has 1 atom stereocenters. The molecule has 6 heteroatoms. The molecule has 2 heterocycles. The summed E-state index contributed by atoms with van der Waals surface area (Å²) in [7, 11) is 1.88. The van der Waals surface area contributed by atoms with Crippen molar-refractivity contribution in [2.24, 2.45) is 12.8 Å². The minimum absolute atomic E-state index is 0.0605. The zero-order valence-corrected chi connectivity index (χ0v) is 16.4. The number of rotatable bonds is 2. The van der Waals surface area contributed by atoms with Crippen molar-refractivity contribution < 1.29 is 4.79 Å². The predicted octanol–water partition coefficient (Wildman–Crippen LogP) is 3.11. The van der Waals surface area contributed by atoms with Gasteiger partial charge in [-0.2, -0.15) is 0 Å². The van der Waals surface area contributed by atoms with Crippen LogP contribution in [0.1, 0.15) is 70.8 Å². The van der Waals surface area contributed by atoms with Crippen LogP contribution >= 0.6 is 0 Å². The summed E-state index contributed by atoms with van der Waals surface area (Å²) < 4.78 is 1.88. The number of carbonyl (C=O) groups excluding carboxylic acids is 1. The van der Waals surface area contributed by atoms with E-state index in [1.54, 1.807) is 18.5 Å². The van der Waals surface area contributed by atoms with Gasteiger partial charge < -0.3 is 10.3 Å². The van der Waals surface area contributed by atoms with Crippen LogP contribution in [0.2, 0.25) is 0 Å². The van der Waals surface area contributed by atoms with E-state index >= 15 is 0 Å². The summed E-state index contributed by atoms with van der Waals surface area (Å²) in [5, 5.41) is 0. The van der Waals surface area contributed by atoms with Crippen LogP contribution in [0.25, 0.3) is 11.3 Å². The van der Waals surface area contributed by atoms with Gasteiger partial charge in [-0.1, -0.05) is 17.9 Å². The Morgan fingerprint density at radius 3 is 2.72 bits per heavy atom. The number of nitrogens with zero attached hydrogens (tertiary/aromatic N) is 4. The number of amides is 1. The average Bonchev–Trinajstić information content (AvgIpc) is 2.89. The number of nitrogens with two attached hydrogens (primary N) is 1. The highest BCUT2D eigenvalue weighted by Crippen LogP contribution is 2.55. The zero-order valence-electron chi connectivity index (χ0n) is 16.4. The van der Waals surface area contributed by atoms with Crippen molar-refractivity contribution in [2.45, 2.75) is 37.5 Å². The second-order valence-electron chi connectivity index (χ2n) is 7.86. The summed E-state index contributed by atoms with van der Waals surface area (Å²) in [6.07, 6.45) is 5.64. The molecule has 2 N–H and O–H groups in total. The molecule has 144 valence electrons. The first-order chi connectivity index (χ1) is 14.0. The largest absolute Gasteiger partial charge is 0.363 e. The molecule has 3 aliphatic carbocycles. The third kappa shape index (κ3) is 2.82. The van der Waals surface area contributed by atoms with Crippen molar-refractivity contribution in [3.8, 4) is 23.1 Å². The Morgan fingerprint density at radius 2 is 2.00 bits per heavy atom. The van der Waals surface area contributed by atoms with Gasteiger partial charge in [0.15, 0.2) is 5.82 Å². The molecule has 2 bridgehead atoms. The van der Waals surface area contributed by atoms with Gasteiger partial charge in [0, 0.05) is 42.2 Å². The molecule has 3 aliphatic rings. The zero-order chi connectivity index (χ0) is 20.1. The van der Waals surface area contributed by atoms with Gasteiger partial charge in [-0.25, -0.2) is 15.0 Å². The second kappa shape index (κ2) is 6.56. The van der Waals surface area contributed by atoms with E-state index in [0.717, 1.165) is 35.4 Å². The normalized spacial score (nSPS) is 19.7. The SMILES string of the molecule is CC(C#Cc1ccc2c(c1)-c1nc(C(N)=O)n(C)c1C1CC2C1)c1ncccn1. The minimum Gasteiger partial charge on any atom is -0.363 e. The third-order valence-electron chi connectivity index (χ3n) is 6.04. The van der Waals surface area contributed by atoms with Crippen molar-refractivity contribution in [2.75, 3.05) is 0 Å². The highest BCUT2D eigenvalue weighted by Gasteiger charge is 2.41. The number of primary amides is 1. The Kier molecular flexibility index (Phi) is 3.99. The van der Waals surface area contributed by atoms with Gasteiger partial charge in [0.25, 0.3) is 5.91 Å². The van der Waals surface area contributed by atoms with Crippen LogP contribution in [0.4, 0.5) is 0 Å². The molecule has 0 spiro atoms. The molecule has 1 amide bonds. The Hall–Kier alpha value is -3.46. The van der Waals surface area contributed by atoms with Crippen molar-refractivity contribution in [1.29, 1.82) is 0 Å². The van der Waals surface area contributed by atoms with E-state index in [1.165, 1.54) is 5.56 Å². The third-order valence-corrected chi connectivity index (χ3v) is 6.04. The lowest BCUT2D eigenvalue weighted by atomic mass is 9.71. The van der Waals surface area contributed by atoms with Crippen LogP contribution in [0, 0.1) is 11.8 Å². The molecule has 6 rings (SSSR count). The number of imidazole rings is 1. The summed E-state index contributed by atoms with van der Waals surface area (Å²) >= 11 is 0. The Balaban J connectivity index is 1.58. The van der Waals surface area contributed by atoms with Gasteiger partial charge >= 0.3 is 0 Å². The number of benzene rings is 1. The number of hydrogen-bond donors (Lipinski definition) is 1. The van der Waals surface area contributed by atoms with E-state index in [-0.39, 0.29) is 5.92 Å². The summed E-state index contributed by atoms with van der Waals surface area (Å²) in [6.45, 7) is 2.00. The lowest BCUT2D eigenvalue weighted by molar-refractivity contribution is 0.0987. The van der Waals surface area contributed by atoms with Gasteiger partial charge in [-0.3, -0.25) is 4.79 Å². The molecule has 2 aromatic heterocycles. The first kappa shape index (κ1) is 17.6. The first-order valence-electron chi connectivity index (χ1n) is 9.82. The lowest BCUT2D eigenvalue weighted by Crippen LogP contribution is -2.23. The van der Waals surface area contributed by atoms with E-state index in [1.807, 2.05) is 18.5 Å². The van der Waals surface area contributed by atoms with Crippen LogP contribution in [0.3, 0.4) is 0 Å². The first-order valence-corrected chi connectivity index (χ1v) is 9.82. The van der Waals surface area contributed by atoms with Crippen LogP contribution in [0.5, 0.6) is 0 Å². The van der Waals surface area contributed by atoms with Crippen LogP contribution in [-0.2, 0) is 7.05 Å². The quantitative estimate of drug-likeness (QED) is 0.689. The van der Waals surface area contributed by atoms with E-state index in [4.69, 9.17) is 5.73 Å². The minimum atomic E-state index is -0.495. The van der Waals surface area contributed by atoms with Crippen molar-refractivity contribution in [3.63, 3.8) is 0 Å². The van der Waals surface area contributed by atoms with E-state index in [2.05, 4.69) is 45.0 Å². The van der Waals surface area contributed by atoms with E-state index in [0.29, 0.717) is 23.5 Å². The molecule has 1 aromatic carbocycles. The topological polar surface area (TPSA) is 86.7 Å². The van der Waals surface area contributed by atoms with Crippen LogP contribution in [0.15, 0.2) is 36.7 Å². The monoisotopic (exact) mass is 383 g/mol. The van der Waals surface area contributed by atoms with E-state index < -0.39 is 5.91 Å². The number of hydrogen-bond acceptors (Lipinski definition) is 4. The standard InChI is InChI=1S/C23H21N5O/c1-13(22-25-8-3-9-26-22)4-5-14-6-7-17-15-11-16(12-15)20-19(18(17)10-14)27-23(21(24)29)28(20)2/h3,6-10,13,15-16H,11-12H2,1-2H3,(H2,24,29).